The van der Waals surface area contributed by atoms with Gasteiger partial charge in [-0.2, -0.15) is 0 Å². The number of carbonyl (C=O) groups is 1. The molecule has 0 aliphatic heterocycles. The third-order valence-corrected chi connectivity index (χ3v) is 3.17. The molecule has 0 spiro atoms. The number of ether oxygens (including phenoxy) is 1. The lowest BCUT2D eigenvalue weighted by atomic mass is 10.1. The third kappa shape index (κ3) is 4.42. The van der Waals surface area contributed by atoms with Crippen LogP contribution in [-0.2, 0) is 11.2 Å². The number of hydrogen-bond acceptors (Lipinski definition) is 2. The Bertz CT molecular complexity index is 365. The number of halogens is 1. The van der Waals surface area contributed by atoms with Crippen molar-refractivity contribution in [2.24, 2.45) is 0 Å². The second-order valence-electron chi connectivity index (χ2n) is 4.02. The van der Waals surface area contributed by atoms with Crippen molar-refractivity contribution in [1.82, 2.24) is 4.90 Å². The number of methoxy groups -OCH3 is 1. The van der Waals surface area contributed by atoms with Crippen LogP contribution in [0.3, 0.4) is 0 Å². The Morgan fingerprint density at radius 2 is 1.94 bits per heavy atom. The van der Waals surface area contributed by atoms with Crippen LogP contribution in [0.25, 0.3) is 0 Å². The van der Waals surface area contributed by atoms with Gasteiger partial charge in [0.25, 0.3) is 5.91 Å². The topological polar surface area (TPSA) is 29.5 Å². The predicted octanol–water partition coefficient (Wildman–Crippen LogP) is 2.73. The van der Waals surface area contributed by atoms with Gasteiger partial charge in [0.1, 0.15) is 0 Å². The number of benzene rings is 1. The highest BCUT2D eigenvalue weighted by Crippen LogP contribution is 2.08. The smallest absolute Gasteiger partial charge is 0.253 e. The first-order valence-electron chi connectivity index (χ1n) is 6.16. The maximum Gasteiger partial charge on any atom is 0.253 e. The molecule has 0 unspecified atom stereocenters. The molecule has 0 radical (unpaired) electrons. The summed E-state index contributed by atoms with van der Waals surface area (Å²) >= 11 is 3.37. The summed E-state index contributed by atoms with van der Waals surface area (Å²) in [5.74, 6) is 0.0640. The minimum atomic E-state index is 0.0640. The molecule has 0 saturated carbocycles. The average Bonchev–Trinajstić information content (AvgIpc) is 2.43. The predicted molar refractivity (Wildman–Crippen MR) is 77.4 cm³/mol. The summed E-state index contributed by atoms with van der Waals surface area (Å²) < 4.78 is 5.03. The van der Waals surface area contributed by atoms with Gasteiger partial charge < -0.3 is 9.64 Å². The average molecular weight is 314 g/mol. The van der Waals surface area contributed by atoms with Gasteiger partial charge in [0.05, 0.1) is 6.61 Å². The molecule has 0 N–H and O–H groups in total. The van der Waals surface area contributed by atoms with Gasteiger partial charge in [-0.15, -0.1) is 0 Å². The van der Waals surface area contributed by atoms with Crippen LogP contribution in [-0.4, -0.2) is 42.9 Å². The fourth-order valence-corrected chi connectivity index (χ4v) is 2.11. The Morgan fingerprint density at radius 1 is 1.28 bits per heavy atom. The highest BCUT2D eigenvalue weighted by molar-refractivity contribution is 9.09. The van der Waals surface area contributed by atoms with Gasteiger partial charge in [-0.05, 0) is 24.1 Å². The largest absolute Gasteiger partial charge is 0.383 e. The Balaban J connectivity index is 2.73. The van der Waals surface area contributed by atoms with E-state index in [0.717, 1.165) is 17.3 Å². The summed E-state index contributed by atoms with van der Waals surface area (Å²) in [5.41, 5.74) is 1.99. The SMILES string of the molecule is CCc1ccc(C(=O)N(CCBr)CCOC)cc1. The summed E-state index contributed by atoms with van der Waals surface area (Å²) in [6, 6.07) is 7.82. The molecule has 1 amide bonds. The lowest BCUT2D eigenvalue weighted by Gasteiger charge is -2.21. The molecule has 0 aliphatic carbocycles. The summed E-state index contributed by atoms with van der Waals surface area (Å²) in [6.07, 6.45) is 0.989. The minimum Gasteiger partial charge on any atom is -0.383 e. The highest BCUT2D eigenvalue weighted by Gasteiger charge is 2.14. The molecule has 0 aromatic heterocycles. The van der Waals surface area contributed by atoms with Gasteiger partial charge in [-0.1, -0.05) is 35.0 Å². The fraction of sp³-hybridized carbons (Fsp3) is 0.500. The standard InChI is InChI=1S/C14H20BrNO2/c1-3-12-4-6-13(7-5-12)14(17)16(9-8-15)10-11-18-2/h4-7H,3,8-11H2,1-2H3. The summed E-state index contributed by atoms with van der Waals surface area (Å²) in [5, 5.41) is 0.773. The molecule has 1 rings (SSSR count). The van der Waals surface area contributed by atoms with E-state index in [1.165, 1.54) is 5.56 Å². The number of amides is 1. The summed E-state index contributed by atoms with van der Waals surface area (Å²) in [4.78, 5) is 14.1. The Hall–Kier alpha value is -0.870. The molecule has 0 aliphatic rings. The normalized spacial score (nSPS) is 10.4. The fourth-order valence-electron chi connectivity index (χ4n) is 1.68. The van der Waals surface area contributed by atoms with E-state index in [4.69, 9.17) is 4.74 Å². The molecule has 0 atom stereocenters. The van der Waals surface area contributed by atoms with Crippen molar-refractivity contribution in [2.75, 3.05) is 32.1 Å². The van der Waals surface area contributed by atoms with Crippen LogP contribution in [0.1, 0.15) is 22.8 Å². The number of hydrogen-bond donors (Lipinski definition) is 0. The quantitative estimate of drug-likeness (QED) is 0.724. The number of rotatable bonds is 7. The van der Waals surface area contributed by atoms with E-state index in [9.17, 15) is 4.79 Å². The molecule has 0 heterocycles. The first kappa shape index (κ1) is 15.2. The number of carbonyl (C=O) groups excluding carboxylic acids is 1. The molecule has 0 fully saturated rings. The van der Waals surface area contributed by atoms with E-state index in [1.807, 2.05) is 24.3 Å². The van der Waals surface area contributed by atoms with Crippen molar-refractivity contribution in [3.8, 4) is 0 Å². The summed E-state index contributed by atoms with van der Waals surface area (Å²) in [6.45, 7) is 3.98. The van der Waals surface area contributed by atoms with E-state index in [0.29, 0.717) is 19.7 Å². The van der Waals surface area contributed by atoms with Crippen LogP contribution in [0.15, 0.2) is 24.3 Å². The lowest BCUT2D eigenvalue weighted by molar-refractivity contribution is 0.0709. The Kier molecular flexibility index (Phi) is 6.98. The van der Waals surface area contributed by atoms with Crippen LogP contribution < -0.4 is 0 Å². The third-order valence-electron chi connectivity index (χ3n) is 2.82. The van der Waals surface area contributed by atoms with Crippen molar-refractivity contribution >= 4 is 21.8 Å². The van der Waals surface area contributed by atoms with Crippen molar-refractivity contribution in [2.45, 2.75) is 13.3 Å². The first-order valence-corrected chi connectivity index (χ1v) is 7.28. The zero-order valence-corrected chi connectivity index (χ0v) is 12.6. The zero-order valence-electron chi connectivity index (χ0n) is 11.0. The van der Waals surface area contributed by atoms with E-state index in [-0.39, 0.29) is 5.91 Å². The zero-order chi connectivity index (χ0) is 13.4. The van der Waals surface area contributed by atoms with Crippen LogP contribution in [0.5, 0.6) is 0 Å². The van der Waals surface area contributed by atoms with Crippen molar-refractivity contribution < 1.29 is 9.53 Å². The minimum absolute atomic E-state index is 0.0640. The molecule has 1 aromatic carbocycles. The van der Waals surface area contributed by atoms with Crippen LogP contribution >= 0.6 is 15.9 Å². The molecule has 0 saturated heterocycles. The first-order chi connectivity index (χ1) is 8.72. The van der Waals surface area contributed by atoms with E-state index in [2.05, 4.69) is 22.9 Å². The number of nitrogens with zero attached hydrogens (tertiary/aromatic N) is 1. The van der Waals surface area contributed by atoms with Crippen LogP contribution in [0, 0.1) is 0 Å². The van der Waals surface area contributed by atoms with Gasteiger partial charge in [0, 0.05) is 31.1 Å². The van der Waals surface area contributed by atoms with Gasteiger partial charge in [0.2, 0.25) is 0 Å². The summed E-state index contributed by atoms with van der Waals surface area (Å²) in [7, 11) is 1.65. The highest BCUT2D eigenvalue weighted by atomic mass is 79.9. The van der Waals surface area contributed by atoms with Crippen molar-refractivity contribution in [1.29, 1.82) is 0 Å². The maximum absolute atomic E-state index is 12.3. The molecule has 1 aromatic rings. The second-order valence-corrected chi connectivity index (χ2v) is 4.82. The molecular formula is C14H20BrNO2. The molecule has 18 heavy (non-hydrogen) atoms. The second kappa shape index (κ2) is 8.27. The number of alkyl halides is 1. The van der Waals surface area contributed by atoms with Crippen molar-refractivity contribution in [3.63, 3.8) is 0 Å². The Labute approximate surface area is 117 Å². The molecule has 0 bridgehead atoms. The van der Waals surface area contributed by atoms with E-state index in [1.54, 1.807) is 12.0 Å². The molecular weight excluding hydrogens is 294 g/mol. The molecule has 3 nitrogen and oxygen atoms in total. The van der Waals surface area contributed by atoms with Gasteiger partial charge in [0.15, 0.2) is 0 Å². The van der Waals surface area contributed by atoms with E-state index < -0.39 is 0 Å². The molecule has 100 valence electrons. The van der Waals surface area contributed by atoms with Crippen LogP contribution in [0.4, 0.5) is 0 Å². The lowest BCUT2D eigenvalue weighted by Crippen LogP contribution is -2.35. The maximum atomic E-state index is 12.3. The Morgan fingerprint density at radius 3 is 2.44 bits per heavy atom. The van der Waals surface area contributed by atoms with Crippen LogP contribution in [0.2, 0.25) is 0 Å². The molecule has 4 heteroatoms. The number of aryl methyl sites for hydroxylation is 1. The van der Waals surface area contributed by atoms with Gasteiger partial charge in [-0.25, -0.2) is 0 Å². The monoisotopic (exact) mass is 313 g/mol. The van der Waals surface area contributed by atoms with Gasteiger partial charge in [-0.3, -0.25) is 4.79 Å². The van der Waals surface area contributed by atoms with Gasteiger partial charge >= 0.3 is 0 Å². The van der Waals surface area contributed by atoms with E-state index >= 15 is 0 Å². The van der Waals surface area contributed by atoms with Crippen molar-refractivity contribution in [3.05, 3.63) is 35.4 Å².